The number of amides is 4. The summed E-state index contributed by atoms with van der Waals surface area (Å²) in [5.41, 5.74) is 2.39. The van der Waals surface area contributed by atoms with Crippen molar-refractivity contribution in [2.24, 2.45) is 0 Å². The molecule has 0 saturated carbocycles. The van der Waals surface area contributed by atoms with Gasteiger partial charge in [0.1, 0.15) is 18.4 Å². The molecule has 0 aliphatic carbocycles. The highest BCUT2D eigenvalue weighted by Crippen LogP contribution is 2.28. The highest BCUT2D eigenvalue weighted by Gasteiger charge is 2.40. The molecule has 6 nitrogen and oxygen atoms in total. The Labute approximate surface area is 155 Å². The number of para-hydroxylation sites is 1. The third-order valence-corrected chi connectivity index (χ3v) is 4.93. The van der Waals surface area contributed by atoms with Crippen molar-refractivity contribution in [1.29, 1.82) is 0 Å². The Bertz CT molecular complexity index is 913. The summed E-state index contributed by atoms with van der Waals surface area (Å²) in [6.45, 7) is 0.234. The molecule has 2 aliphatic heterocycles. The average Bonchev–Trinajstić information content (AvgIpc) is 2.96. The van der Waals surface area contributed by atoms with E-state index in [9.17, 15) is 18.8 Å². The van der Waals surface area contributed by atoms with Crippen molar-refractivity contribution >= 4 is 23.5 Å². The van der Waals surface area contributed by atoms with E-state index >= 15 is 0 Å². The lowest BCUT2D eigenvalue weighted by Crippen LogP contribution is -2.45. The van der Waals surface area contributed by atoms with Crippen LogP contribution < -0.4 is 10.2 Å². The molecule has 1 saturated heterocycles. The number of nitrogens with zero attached hydrogens (tertiary/aromatic N) is 2. The van der Waals surface area contributed by atoms with Crippen molar-refractivity contribution in [2.75, 3.05) is 18.0 Å². The zero-order valence-electron chi connectivity index (χ0n) is 14.5. The van der Waals surface area contributed by atoms with Gasteiger partial charge in [0.15, 0.2) is 0 Å². The van der Waals surface area contributed by atoms with Gasteiger partial charge >= 0.3 is 6.03 Å². The monoisotopic (exact) mass is 367 g/mol. The van der Waals surface area contributed by atoms with Crippen molar-refractivity contribution in [3.63, 3.8) is 0 Å². The van der Waals surface area contributed by atoms with Crippen LogP contribution in [0.5, 0.6) is 0 Å². The van der Waals surface area contributed by atoms with Crippen molar-refractivity contribution in [1.82, 2.24) is 10.2 Å². The summed E-state index contributed by atoms with van der Waals surface area (Å²) in [5.74, 6) is -1.23. The standard InChI is InChI=1S/C20H18FN3O3/c21-15-9-7-14(8-10-15)18-19(26)24(20(27)22-18)12-17(25)23-11-3-5-13-4-1-2-6-16(13)23/h1-2,4,6-10,18H,3,5,11-12H2,(H,22,27). The number of rotatable bonds is 3. The fourth-order valence-corrected chi connectivity index (χ4v) is 3.56. The van der Waals surface area contributed by atoms with Crippen molar-refractivity contribution < 1.29 is 18.8 Å². The predicted molar refractivity (Wildman–Crippen MR) is 96.5 cm³/mol. The summed E-state index contributed by atoms with van der Waals surface area (Å²) >= 11 is 0. The number of carbonyl (C=O) groups excluding carboxylic acids is 3. The van der Waals surface area contributed by atoms with Gasteiger partial charge in [0, 0.05) is 12.2 Å². The van der Waals surface area contributed by atoms with Gasteiger partial charge < -0.3 is 10.2 Å². The van der Waals surface area contributed by atoms with E-state index in [4.69, 9.17) is 0 Å². The molecule has 4 rings (SSSR count). The predicted octanol–water partition coefficient (Wildman–Crippen LogP) is 2.40. The molecule has 2 aromatic carbocycles. The molecule has 2 aliphatic rings. The molecule has 0 radical (unpaired) electrons. The Hall–Kier alpha value is -3.22. The minimum atomic E-state index is -0.903. The summed E-state index contributed by atoms with van der Waals surface area (Å²) < 4.78 is 13.1. The molecule has 1 unspecified atom stereocenters. The fraction of sp³-hybridized carbons (Fsp3) is 0.250. The Morgan fingerprint density at radius 1 is 1.11 bits per heavy atom. The Balaban J connectivity index is 1.51. The largest absolute Gasteiger partial charge is 0.325 e. The van der Waals surface area contributed by atoms with Gasteiger partial charge in [-0.3, -0.25) is 14.5 Å². The highest BCUT2D eigenvalue weighted by molar-refractivity contribution is 6.08. The molecule has 0 aromatic heterocycles. The van der Waals surface area contributed by atoms with E-state index < -0.39 is 23.8 Å². The van der Waals surface area contributed by atoms with E-state index in [-0.39, 0.29) is 12.5 Å². The first kappa shape index (κ1) is 17.2. The van der Waals surface area contributed by atoms with Crippen LogP contribution in [0.4, 0.5) is 14.9 Å². The normalized spacial score (nSPS) is 19.1. The maximum absolute atomic E-state index is 13.1. The molecule has 4 amide bonds. The van der Waals surface area contributed by atoms with Gasteiger partial charge in [-0.15, -0.1) is 0 Å². The van der Waals surface area contributed by atoms with E-state index in [1.54, 1.807) is 4.90 Å². The van der Waals surface area contributed by atoms with Crippen LogP contribution in [0.25, 0.3) is 0 Å². The van der Waals surface area contributed by atoms with Crippen LogP contribution in [-0.4, -0.2) is 35.8 Å². The number of imide groups is 1. The van der Waals surface area contributed by atoms with Crippen LogP contribution in [0, 0.1) is 5.82 Å². The number of anilines is 1. The van der Waals surface area contributed by atoms with Gasteiger partial charge in [-0.1, -0.05) is 30.3 Å². The smallest absolute Gasteiger partial charge is 0.322 e. The Kier molecular flexibility index (Phi) is 4.35. The van der Waals surface area contributed by atoms with E-state index in [0.29, 0.717) is 12.1 Å². The summed E-state index contributed by atoms with van der Waals surface area (Å²) in [7, 11) is 0. The molecule has 1 atom stereocenters. The van der Waals surface area contributed by atoms with E-state index in [1.807, 2.05) is 24.3 Å². The molecule has 138 valence electrons. The minimum absolute atomic E-state index is 0.301. The highest BCUT2D eigenvalue weighted by atomic mass is 19.1. The lowest BCUT2D eigenvalue weighted by atomic mass is 10.0. The lowest BCUT2D eigenvalue weighted by Gasteiger charge is -2.30. The van der Waals surface area contributed by atoms with Gasteiger partial charge in [-0.2, -0.15) is 0 Å². The first-order chi connectivity index (χ1) is 13.0. The summed E-state index contributed by atoms with van der Waals surface area (Å²) in [4.78, 5) is 40.2. The number of fused-ring (bicyclic) bond motifs is 1. The first-order valence-corrected chi connectivity index (χ1v) is 8.80. The Morgan fingerprint density at radius 3 is 2.63 bits per heavy atom. The lowest BCUT2D eigenvalue weighted by molar-refractivity contribution is -0.131. The zero-order chi connectivity index (χ0) is 19.0. The summed E-state index contributed by atoms with van der Waals surface area (Å²) in [5, 5.41) is 2.56. The Morgan fingerprint density at radius 2 is 1.85 bits per heavy atom. The average molecular weight is 367 g/mol. The van der Waals surface area contributed by atoms with Crippen LogP contribution in [0.3, 0.4) is 0 Å². The number of nitrogens with one attached hydrogen (secondary N) is 1. The van der Waals surface area contributed by atoms with Crippen LogP contribution >= 0.6 is 0 Å². The summed E-state index contributed by atoms with van der Waals surface area (Å²) in [6, 6.07) is 11.5. The van der Waals surface area contributed by atoms with Crippen molar-refractivity contribution in [3.05, 3.63) is 65.5 Å². The number of carbonyl (C=O) groups is 3. The number of urea groups is 1. The minimum Gasteiger partial charge on any atom is -0.322 e. The van der Waals surface area contributed by atoms with Crippen LogP contribution in [0.2, 0.25) is 0 Å². The molecule has 1 fully saturated rings. The second-order valence-electron chi connectivity index (χ2n) is 6.64. The third kappa shape index (κ3) is 3.16. The number of benzene rings is 2. The van der Waals surface area contributed by atoms with Gasteiger partial charge in [0.05, 0.1) is 0 Å². The molecular formula is C20H18FN3O3. The van der Waals surface area contributed by atoms with Crippen LogP contribution in [0.1, 0.15) is 23.6 Å². The third-order valence-electron chi connectivity index (χ3n) is 4.93. The van der Waals surface area contributed by atoms with Gasteiger partial charge in [-0.05, 0) is 42.2 Å². The van der Waals surface area contributed by atoms with E-state index in [1.165, 1.54) is 24.3 Å². The number of aryl methyl sites for hydroxylation is 1. The van der Waals surface area contributed by atoms with E-state index in [0.717, 1.165) is 29.0 Å². The van der Waals surface area contributed by atoms with Crippen molar-refractivity contribution in [2.45, 2.75) is 18.9 Å². The number of hydrogen-bond acceptors (Lipinski definition) is 3. The molecule has 1 N–H and O–H groups in total. The second kappa shape index (κ2) is 6.83. The van der Waals surface area contributed by atoms with Crippen LogP contribution in [-0.2, 0) is 16.0 Å². The van der Waals surface area contributed by atoms with Gasteiger partial charge in [0.25, 0.3) is 5.91 Å². The second-order valence-corrected chi connectivity index (χ2v) is 6.64. The quantitative estimate of drug-likeness (QED) is 0.847. The first-order valence-electron chi connectivity index (χ1n) is 8.80. The van der Waals surface area contributed by atoms with Gasteiger partial charge in [-0.25, -0.2) is 9.18 Å². The molecule has 0 bridgehead atoms. The van der Waals surface area contributed by atoms with Crippen molar-refractivity contribution in [3.8, 4) is 0 Å². The van der Waals surface area contributed by atoms with Crippen LogP contribution in [0.15, 0.2) is 48.5 Å². The topological polar surface area (TPSA) is 69.7 Å². The SMILES string of the molecule is O=C1NC(c2ccc(F)cc2)C(=O)N1CC(=O)N1CCCc2ccccc21. The van der Waals surface area contributed by atoms with Gasteiger partial charge in [0.2, 0.25) is 5.91 Å². The van der Waals surface area contributed by atoms with E-state index in [2.05, 4.69) is 5.32 Å². The zero-order valence-corrected chi connectivity index (χ0v) is 14.5. The molecule has 2 aromatic rings. The molecule has 0 spiro atoms. The molecule has 7 heteroatoms. The molecular weight excluding hydrogens is 349 g/mol. The summed E-state index contributed by atoms with van der Waals surface area (Å²) in [6.07, 6.45) is 1.73. The molecule has 2 heterocycles. The molecule has 27 heavy (non-hydrogen) atoms. The number of halogens is 1. The number of hydrogen-bond donors (Lipinski definition) is 1. The fourth-order valence-electron chi connectivity index (χ4n) is 3.56. The maximum atomic E-state index is 13.1. The maximum Gasteiger partial charge on any atom is 0.325 e.